The molecule has 0 spiro atoms. The van der Waals surface area contributed by atoms with Crippen molar-refractivity contribution in [3.63, 3.8) is 0 Å². The predicted molar refractivity (Wildman–Crippen MR) is 73.0 cm³/mol. The molecule has 1 aliphatic carbocycles. The van der Waals surface area contributed by atoms with Gasteiger partial charge in [0.2, 0.25) is 5.91 Å². The number of nitrogens with zero attached hydrogens (tertiary/aromatic N) is 1. The van der Waals surface area contributed by atoms with Gasteiger partial charge in [-0.15, -0.1) is 0 Å². The third-order valence-corrected chi connectivity index (χ3v) is 3.96. The van der Waals surface area contributed by atoms with Gasteiger partial charge in [-0.2, -0.15) is 0 Å². The standard InChI is InChI=1S/C15H20N2O2/c18-15(17-5-7-19-8-6-17)11-16-14-9-12-3-1-2-4-13(12)10-14/h1-4,14,16H,5-11H2. The Morgan fingerprint density at radius 3 is 2.47 bits per heavy atom. The molecule has 4 heteroatoms. The molecular weight excluding hydrogens is 240 g/mol. The molecule has 102 valence electrons. The van der Waals surface area contributed by atoms with Gasteiger partial charge in [0.05, 0.1) is 19.8 Å². The number of amides is 1. The van der Waals surface area contributed by atoms with Crippen LogP contribution in [0.1, 0.15) is 11.1 Å². The number of fused-ring (bicyclic) bond motifs is 1. The van der Waals surface area contributed by atoms with Crippen molar-refractivity contribution in [2.24, 2.45) is 0 Å². The van der Waals surface area contributed by atoms with Crippen molar-refractivity contribution in [3.8, 4) is 0 Å². The fourth-order valence-electron chi connectivity index (χ4n) is 2.86. The van der Waals surface area contributed by atoms with Crippen molar-refractivity contribution in [1.29, 1.82) is 0 Å². The number of nitrogens with one attached hydrogen (secondary N) is 1. The van der Waals surface area contributed by atoms with Crippen LogP contribution in [0.5, 0.6) is 0 Å². The van der Waals surface area contributed by atoms with Crippen LogP contribution in [0.3, 0.4) is 0 Å². The van der Waals surface area contributed by atoms with Gasteiger partial charge in [0.15, 0.2) is 0 Å². The zero-order chi connectivity index (χ0) is 13.1. The summed E-state index contributed by atoms with van der Waals surface area (Å²) in [6.07, 6.45) is 2.07. The smallest absolute Gasteiger partial charge is 0.236 e. The summed E-state index contributed by atoms with van der Waals surface area (Å²) < 4.78 is 5.26. The van der Waals surface area contributed by atoms with E-state index in [9.17, 15) is 4.79 Å². The van der Waals surface area contributed by atoms with Crippen molar-refractivity contribution in [2.75, 3.05) is 32.8 Å². The van der Waals surface area contributed by atoms with Crippen molar-refractivity contribution in [3.05, 3.63) is 35.4 Å². The van der Waals surface area contributed by atoms with Gasteiger partial charge in [-0.3, -0.25) is 4.79 Å². The van der Waals surface area contributed by atoms with Crippen LogP contribution in [0.2, 0.25) is 0 Å². The lowest BCUT2D eigenvalue weighted by Gasteiger charge is -2.27. The lowest BCUT2D eigenvalue weighted by Crippen LogP contribution is -2.46. The van der Waals surface area contributed by atoms with E-state index in [-0.39, 0.29) is 5.91 Å². The normalized spacial score (nSPS) is 19.5. The van der Waals surface area contributed by atoms with Crippen molar-refractivity contribution < 1.29 is 9.53 Å². The van der Waals surface area contributed by atoms with Crippen molar-refractivity contribution >= 4 is 5.91 Å². The van der Waals surface area contributed by atoms with Gasteiger partial charge >= 0.3 is 0 Å². The van der Waals surface area contributed by atoms with E-state index in [2.05, 4.69) is 29.6 Å². The number of carbonyl (C=O) groups excluding carboxylic acids is 1. The molecule has 1 aromatic rings. The van der Waals surface area contributed by atoms with E-state index in [1.807, 2.05) is 4.90 Å². The molecule has 1 saturated heterocycles. The minimum absolute atomic E-state index is 0.194. The largest absolute Gasteiger partial charge is 0.378 e. The average molecular weight is 260 g/mol. The Morgan fingerprint density at radius 1 is 1.21 bits per heavy atom. The van der Waals surface area contributed by atoms with E-state index in [4.69, 9.17) is 4.74 Å². The zero-order valence-electron chi connectivity index (χ0n) is 11.1. The van der Waals surface area contributed by atoms with Gasteiger partial charge in [0.25, 0.3) is 0 Å². The fraction of sp³-hybridized carbons (Fsp3) is 0.533. The molecule has 0 saturated carbocycles. The molecule has 19 heavy (non-hydrogen) atoms. The van der Waals surface area contributed by atoms with Crippen LogP contribution in [0.4, 0.5) is 0 Å². The Hall–Kier alpha value is -1.39. The third kappa shape index (κ3) is 2.96. The highest BCUT2D eigenvalue weighted by Gasteiger charge is 2.22. The average Bonchev–Trinajstić information content (AvgIpc) is 2.88. The van der Waals surface area contributed by atoms with E-state index >= 15 is 0 Å². The highest BCUT2D eigenvalue weighted by atomic mass is 16.5. The lowest BCUT2D eigenvalue weighted by atomic mass is 10.1. The zero-order valence-corrected chi connectivity index (χ0v) is 11.1. The van der Waals surface area contributed by atoms with E-state index < -0.39 is 0 Å². The molecule has 0 aromatic heterocycles. The quantitative estimate of drug-likeness (QED) is 0.865. The number of hydrogen-bond acceptors (Lipinski definition) is 3. The Balaban J connectivity index is 1.47. The van der Waals surface area contributed by atoms with Gasteiger partial charge in [-0.25, -0.2) is 0 Å². The molecule has 0 unspecified atom stereocenters. The number of carbonyl (C=O) groups is 1. The Labute approximate surface area is 113 Å². The summed E-state index contributed by atoms with van der Waals surface area (Å²) in [4.78, 5) is 13.9. The summed E-state index contributed by atoms with van der Waals surface area (Å²) in [5.74, 6) is 0.194. The van der Waals surface area contributed by atoms with Crippen LogP contribution in [-0.2, 0) is 22.4 Å². The molecular formula is C15H20N2O2. The van der Waals surface area contributed by atoms with Gasteiger partial charge < -0.3 is 15.0 Å². The van der Waals surface area contributed by atoms with Crippen LogP contribution < -0.4 is 5.32 Å². The van der Waals surface area contributed by atoms with E-state index in [0.717, 1.165) is 25.9 Å². The summed E-state index contributed by atoms with van der Waals surface area (Å²) in [7, 11) is 0. The first-order chi connectivity index (χ1) is 9.33. The Morgan fingerprint density at radius 2 is 1.84 bits per heavy atom. The molecule has 1 aliphatic heterocycles. The highest BCUT2D eigenvalue weighted by Crippen LogP contribution is 2.21. The van der Waals surface area contributed by atoms with E-state index in [1.165, 1.54) is 11.1 Å². The van der Waals surface area contributed by atoms with Crippen LogP contribution in [0.15, 0.2) is 24.3 Å². The first-order valence-electron chi connectivity index (χ1n) is 6.98. The summed E-state index contributed by atoms with van der Waals surface area (Å²) in [6, 6.07) is 8.93. The molecule has 1 heterocycles. The molecule has 1 aromatic carbocycles. The summed E-state index contributed by atoms with van der Waals surface area (Å²) >= 11 is 0. The van der Waals surface area contributed by atoms with Crippen molar-refractivity contribution in [2.45, 2.75) is 18.9 Å². The molecule has 0 bridgehead atoms. The molecule has 0 atom stereocenters. The first kappa shape index (κ1) is 12.6. The van der Waals surface area contributed by atoms with Gasteiger partial charge in [-0.1, -0.05) is 24.3 Å². The minimum Gasteiger partial charge on any atom is -0.378 e. The molecule has 2 aliphatic rings. The maximum atomic E-state index is 12.0. The van der Waals surface area contributed by atoms with E-state index in [0.29, 0.717) is 25.8 Å². The third-order valence-electron chi connectivity index (χ3n) is 3.96. The topological polar surface area (TPSA) is 41.6 Å². The second-order valence-electron chi connectivity index (χ2n) is 5.25. The summed E-state index contributed by atoms with van der Waals surface area (Å²) in [6.45, 7) is 3.23. The van der Waals surface area contributed by atoms with Crippen LogP contribution in [0, 0.1) is 0 Å². The molecule has 1 N–H and O–H groups in total. The number of ether oxygens (including phenoxy) is 1. The molecule has 4 nitrogen and oxygen atoms in total. The predicted octanol–water partition coefficient (Wildman–Crippen LogP) is 0.602. The number of morpholine rings is 1. The number of rotatable bonds is 3. The SMILES string of the molecule is O=C(CNC1Cc2ccccc2C1)N1CCOCC1. The maximum absolute atomic E-state index is 12.0. The number of hydrogen-bond donors (Lipinski definition) is 1. The highest BCUT2D eigenvalue weighted by molar-refractivity contribution is 5.78. The fourth-order valence-corrected chi connectivity index (χ4v) is 2.86. The lowest BCUT2D eigenvalue weighted by molar-refractivity contribution is -0.134. The van der Waals surface area contributed by atoms with Crippen LogP contribution in [0.25, 0.3) is 0 Å². The first-order valence-corrected chi connectivity index (χ1v) is 6.98. The summed E-state index contributed by atoms with van der Waals surface area (Å²) in [5, 5.41) is 3.39. The molecule has 1 amide bonds. The van der Waals surface area contributed by atoms with Gasteiger partial charge in [-0.05, 0) is 24.0 Å². The molecule has 0 radical (unpaired) electrons. The second-order valence-corrected chi connectivity index (χ2v) is 5.25. The molecule has 1 fully saturated rings. The number of benzene rings is 1. The Kier molecular flexibility index (Phi) is 3.80. The monoisotopic (exact) mass is 260 g/mol. The van der Waals surface area contributed by atoms with Crippen LogP contribution >= 0.6 is 0 Å². The van der Waals surface area contributed by atoms with Gasteiger partial charge in [0, 0.05) is 19.1 Å². The second kappa shape index (κ2) is 5.72. The van der Waals surface area contributed by atoms with Crippen LogP contribution in [-0.4, -0.2) is 49.7 Å². The Bertz CT molecular complexity index is 430. The van der Waals surface area contributed by atoms with E-state index in [1.54, 1.807) is 0 Å². The minimum atomic E-state index is 0.194. The maximum Gasteiger partial charge on any atom is 0.236 e. The molecule has 3 rings (SSSR count). The van der Waals surface area contributed by atoms with Gasteiger partial charge in [0.1, 0.15) is 0 Å². The summed E-state index contributed by atoms with van der Waals surface area (Å²) in [5.41, 5.74) is 2.83. The van der Waals surface area contributed by atoms with Crippen molar-refractivity contribution in [1.82, 2.24) is 10.2 Å².